The van der Waals surface area contributed by atoms with Crippen LogP contribution in [0.4, 0.5) is 11.5 Å². The fourth-order valence-corrected chi connectivity index (χ4v) is 2.82. The van der Waals surface area contributed by atoms with Gasteiger partial charge in [0.2, 0.25) is 0 Å². The number of carbonyl (C=O) groups excluding carboxylic acids is 2. The van der Waals surface area contributed by atoms with Gasteiger partial charge in [-0.05, 0) is 31.2 Å². The number of aryl methyl sites for hydroxylation is 1. The molecule has 118 valence electrons. The molecule has 0 aliphatic carbocycles. The molecule has 23 heavy (non-hydrogen) atoms. The van der Waals surface area contributed by atoms with E-state index in [1.807, 2.05) is 0 Å². The monoisotopic (exact) mass is 331 g/mol. The van der Waals surface area contributed by atoms with Crippen molar-refractivity contribution in [1.82, 2.24) is 4.98 Å². The van der Waals surface area contributed by atoms with Gasteiger partial charge < -0.3 is 10.5 Å². The number of methoxy groups -OCH3 is 1. The van der Waals surface area contributed by atoms with E-state index in [9.17, 15) is 9.59 Å². The quantitative estimate of drug-likeness (QED) is 0.675. The predicted molar refractivity (Wildman–Crippen MR) is 86.7 cm³/mol. The second-order valence-corrected chi connectivity index (χ2v) is 5.60. The Labute approximate surface area is 137 Å². The number of benzene rings is 1. The lowest BCUT2D eigenvalue weighted by molar-refractivity contribution is 0.0601. The lowest BCUT2D eigenvalue weighted by Gasteiger charge is -2.18. The zero-order chi connectivity index (χ0) is 16.7. The highest BCUT2D eigenvalue weighted by Crippen LogP contribution is 2.36. The summed E-state index contributed by atoms with van der Waals surface area (Å²) in [5.41, 5.74) is 8.14. The lowest BCUT2D eigenvalue weighted by Crippen LogP contribution is -2.27. The minimum absolute atomic E-state index is 0.207. The summed E-state index contributed by atoms with van der Waals surface area (Å²) in [4.78, 5) is 30.4. The van der Waals surface area contributed by atoms with Crippen molar-refractivity contribution in [1.29, 1.82) is 0 Å². The van der Waals surface area contributed by atoms with Crippen LogP contribution in [-0.4, -0.2) is 24.0 Å². The van der Waals surface area contributed by atoms with Crippen molar-refractivity contribution in [3.8, 4) is 0 Å². The number of rotatable bonds is 2. The molecule has 1 aromatic heterocycles. The number of nitrogen functional groups attached to an aromatic ring is 1. The van der Waals surface area contributed by atoms with Crippen molar-refractivity contribution >= 4 is 35.0 Å². The van der Waals surface area contributed by atoms with E-state index in [0.717, 1.165) is 0 Å². The van der Waals surface area contributed by atoms with Crippen molar-refractivity contribution < 1.29 is 14.3 Å². The van der Waals surface area contributed by atoms with Gasteiger partial charge >= 0.3 is 5.97 Å². The summed E-state index contributed by atoms with van der Waals surface area (Å²) in [6.07, 6.45) is 0. The van der Waals surface area contributed by atoms with E-state index in [2.05, 4.69) is 4.98 Å². The molecular formula is C16H14ClN3O3. The van der Waals surface area contributed by atoms with Gasteiger partial charge in [-0.3, -0.25) is 9.69 Å². The Bertz CT molecular complexity index is 836. The normalized spacial score (nSPS) is 13.2. The average Bonchev–Trinajstić information content (AvgIpc) is 2.89. The third-order valence-corrected chi connectivity index (χ3v) is 4.09. The van der Waals surface area contributed by atoms with Crippen molar-refractivity contribution in [3.05, 3.63) is 51.7 Å². The van der Waals surface area contributed by atoms with E-state index in [0.29, 0.717) is 27.5 Å². The van der Waals surface area contributed by atoms with Gasteiger partial charge in [-0.15, -0.1) is 0 Å². The standard InChI is InChI=1S/C16H14ClN3O3/c1-8-3-4-9(16(22)23-2)14(19-8)20-7-10-11(17)5-6-12(18)13(10)15(20)21/h3-6H,7,18H2,1-2H3. The Morgan fingerprint density at radius 1 is 1.35 bits per heavy atom. The first kappa shape index (κ1) is 15.3. The number of pyridine rings is 1. The number of halogens is 1. The van der Waals surface area contributed by atoms with Crippen LogP contribution in [0.25, 0.3) is 0 Å². The van der Waals surface area contributed by atoms with Gasteiger partial charge in [-0.2, -0.15) is 0 Å². The maximum absolute atomic E-state index is 12.7. The number of nitrogens with two attached hydrogens (primary N) is 1. The number of amides is 1. The summed E-state index contributed by atoms with van der Waals surface area (Å²) in [5, 5.41) is 0.456. The van der Waals surface area contributed by atoms with Gasteiger partial charge in [-0.25, -0.2) is 9.78 Å². The first-order valence-corrected chi connectivity index (χ1v) is 7.26. The Morgan fingerprint density at radius 2 is 2.09 bits per heavy atom. The third-order valence-electron chi connectivity index (χ3n) is 3.74. The van der Waals surface area contributed by atoms with E-state index < -0.39 is 5.97 Å². The van der Waals surface area contributed by atoms with Crippen LogP contribution in [0.3, 0.4) is 0 Å². The van der Waals surface area contributed by atoms with Crippen LogP contribution in [0.5, 0.6) is 0 Å². The molecule has 7 heteroatoms. The Hall–Kier alpha value is -2.60. The molecule has 1 aliphatic rings. The number of fused-ring (bicyclic) bond motifs is 1. The molecule has 1 amide bonds. The molecule has 1 aromatic carbocycles. The Morgan fingerprint density at radius 3 is 2.74 bits per heavy atom. The van der Waals surface area contributed by atoms with E-state index in [1.165, 1.54) is 12.0 Å². The molecule has 0 atom stereocenters. The molecule has 0 radical (unpaired) electrons. The molecule has 0 fully saturated rings. The molecule has 6 nitrogen and oxygen atoms in total. The summed E-state index contributed by atoms with van der Waals surface area (Å²) in [5.74, 6) is -0.646. The first-order valence-electron chi connectivity index (χ1n) is 6.88. The van der Waals surface area contributed by atoms with E-state index in [-0.39, 0.29) is 23.8 Å². The van der Waals surface area contributed by atoms with Crippen LogP contribution in [0.15, 0.2) is 24.3 Å². The number of hydrogen-bond donors (Lipinski definition) is 1. The molecule has 1 aliphatic heterocycles. The summed E-state index contributed by atoms with van der Waals surface area (Å²) in [6, 6.07) is 6.51. The molecule has 2 aromatic rings. The van der Waals surface area contributed by atoms with Crippen molar-refractivity contribution in [3.63, 3.8) is 0 Å². The predicted octanol–water partition coefficient (Wildman–Crippen LogP) is 2.57. The third kappa shape index (κ3) is 2.41. The highest BCUT2D eigenvalue weighted by molar-refractivity contribution is 6.33. The minimum Gasteiger partial charge on any atom is -0.465 e. The molecule has 0 unspecified atom stereocenters. The topological polar surface area (TPSA) is 85.5 Å². The number of carbonyl (C=O) groups is 2. The summed E-state index contributed by atoms with van der Waals surface area (Å²) in [6.45, 7) is 1.98. The van der Waals surface area contributed by atoms with Crippen LogP contribution < -0.4 is 10.6 Å². The number of hydrogen-bond acceptors (Lipinski definition) is 5. The highest BCUT2D eigenvalue weighted by atomic mass is 35.5. The van der Waals surface area contributed by atoms with Crippen molar-refractivity contribution in [2.75, 3.05) is 17.7 Å². The van der Waals surface area contributed by atoms with Gasteiger partial charge in [0.15, 0.2) is 5.82 Å². The van der Waals surface area contributed by atoms with Gasteiger partial charge in [-0.1, -0.05) is 11.6 Å². The smallest absolute Gasteiger partial charge is 0.341 e. The van der Waals surface area contributed by atoms with Crippen LogP contribution >= 0.6 is 11.6 Å². The van der Waals surface area contributed by atoms with E-state index in [1.54, 1.807) is 31.2 Å². The molecule has 2 N–H and O–H groups in total. The fourth-order valence-electron chi connectivity index (χ4n) is 2.60. The number of esters is 1. The maximum atomic E-state index is 12.7. The molecule has 0 bridgehead atoms. The molecule has 0 saturated carbocycles. The van der Waals surface area contributed by atoms with Crippen molar-refractivity contribution in [2.24, 2.45) is 0 Å². The second kappa shape index (κ2) is 5.55. The number of nitrogens with zero attached hydrogens (tertiary/aromatic N) is 2. The SMILES string of the molecule is COC(=O)c1ccc(C)nc1N1Cc2c(Cl)ccc(N)c2C1=O. The summed E-state index contributed by atoms with van der Waals surface area (Å²) < 4.78 is 4.77. The molecular weight excluding hydrogens is 318 g/mol. The summed E-state index contributed by atoms with van der Waals surface area (Å²) in [7, 11) is 1.28. The lowest BCUT2D eigenvalue weighted by atomic mass is 10.1. The van der Waals surface area contributed by atoms with Crippen LogP contribution in [0.1, 0.15) is 32.0 Å². The summed E-state index contributed by atoms with van der Waals surface area (Å²) >= 11 is 6.17. The molecule has 0 saturated heterocycles. The maximum Gasteiger partial charge on any atom is 0.341 e. The Balaban J connectivity index is 2.14. The van der Waals surface area contributed by atoms with Crippen LogP contribution in [-0.2, 0) is 11.3 Å². The van der Waals surface area contributed by atoms with E-state index >= 15 is 0 Å². The average molecular weight is 332 g/mol. The van der Waals surface area contributed by atoms with Gasteiger partial charge in [0.1, 0.15) is 5.56 Å². The largest absolute Gasteiger partial charge is 0.465 e. The zero-order valence-corrected chi connectivity index (χ0v) is 13.3. The molecule has 0 spiro atoms. The zero-order valence-electron chi connectivity index (χ0n) is 12.6. The van der Waals surface area contributed by atoms with Gasteiger partial charge in [0, 0.05) is 22.0 Å². The molecule has 2 heterocycles. The first-order chi connectivity index (χ1) is 10.9. The highest BCUT2D eigenvalue weighted by Gasteiger charge is 2.35. The second-order valence-electron chi connectivity index (χ2n) is 5.20. The minimum atomic E-state index is -0.560. The number of aromatic nitrogens is 1. The van der Waals surface area contributed by atoms with Crippen LogP contribution in [0, 0.1) is 6.92 Å². The van der Waals surface area contributed by atoms with Gasteiger partial charge in [0.25, 0.3) is 5.91 Å². The molecule has 3 rings (SSSR count). The fraction of sp³-hybridized carbons (Fsp3) is 0.188. The number of ether oxygens (including phenoxy) is 1. The van der Waals surface area contributed by atoms with Crippen molar-refractivity contribution in [2.45, 2.75) is 13.5 Å². The van der Waals surface area contributed by atoms with E-state index in [4.69, 9.17) is 22.1 Å². The Kier molecular flexibility index (Phi) is 3.69. The van der Waals surface area contributed by atoms with Gasteiger partial charge in [0.05, 0.1) is 19.2 Å². The number of anilines is 2. The van der Waals surface area contributed by atoms with Crippen LogP contribution in [0.2, 0.25) is 5.02 Å².